The molecule has 0 spiro atoms. The molecule has 0 radical (unpaired) electrons. The zero-order valence-electron chi connectivity index (χ0n) is 23.1. The van der Waals surface area contributed by atoms with E-state index in [-0.39, 0.29) is 0 Å². The van der Waals surface area contributed by atoms with Gasteiger partial charge < -0.3 is 0 Å². The van der Waals surface area contributed by atoms with E-state index in [1.807, 2.05) is 0 Å². The smallest absolute Gasteiger partial charge is 0.209 e. The van der Waals surface area contributed by atoms with Gasteiger partial charge in [-0.3, -0.25) is 0 Å². The highest BCUT2D eigenvalue weighted by Gasteiger charge is 2.46. The molecule has 1 aliphatic carbocycles. The standard InChI is InChI=1S/C27H9F18N3/c1-4(10-13(28)19(25(37,38)39)46-22(34)16(10)31)7-8(5(2)11-14(29)20(26(40,41)42)47-23(35)17(11)32)9(7)6(3)12-15(30)21(27(43,44)45)48-24(36)18(12)33/h1-3H3. The molecule has 0 atom stereocenters. The van der Waals surface area contributed by atoms with Crippen molar-refractivity contribution in [2.75, 3.05) is 0 Å². The third kappa shape index (κ3) is 5.86. The lowest BCUT2D eigenvalue weighted by Crippen LogP contribution is -2.16. The molecule has 0 unspecified atom stereocenters. The van der Waals surface area contributed by atoms with E-state index >= 15 is 13.2 Å². The molecule has 0 saturated heterocycles. The number of alkyl halides is 9. The first kappa shape index (κ1) is 36.2. The van der Waals surface area contributed by atoms with Gasteiger partial charge in [-0.2, -0.15) is 52.7 Å². The first-order chi connectivity index (χ1) is 21.7. The highest BCUT2D eigenvalue weighted by atomic mass is 19.4. The highest BCUT2D eigenvalue weighted by Crippen LogP contribution is 2.57. The van der Waals surface area contributed by atoms with Crippen molar-refractivity contribution in [3.05, 3.63) is 103 Å². The molecule has 0 aromatic carbocycles. The summed E-state index contributed by atoms with van der Waals surface area (Å²) < 4.78 is 252. The Morgan fingerprint density at radius 1 is 0.354 bits per heavy atom. The van der Waals surface area contributed by atoms with Crippen LogP contribution in [-0.4, -0.2) is 15.0 Å². The van der Waals surface area contributed by atoms with Crippen LogP contribution in [0.5, 0.6) is 0 Å². The number of hydrogen-bond acceptors (Lipinski definition) is 3. The van der Waals surface area contributed by atoms with E-state index in [1.165, 1.54) is 0 Å². The van der Waals surface area contributed by atoms with Crippen molar-refractivity contribution < 1.29 is 79.0 Å². The van der Waals surface area contributed by atoms with Crippen LogP contribution >= 0.6 is 0 Å². The van der Waals surface area contributed by atoms with Gasteiger partial charge >= 0.3 is 18.5 Å². The number of nitrogens with zero attached hydrogens (tertiary/aromatic N) is 3. The third-order valence-corrected chi connectivity index (χ3v) is 6.86. The normalized spacial score (nSPS) is 13.8. The number of halogens is 18. The molecule has 3 aromatic heterocycles. The molecule has 3 nitrogen and oxygen atoms in total. The second-order valence-corrected chi connectivity index (χ2v) is 9.76. The van der Waals surface area contributed by atoms with E-state index in [2.05, 4.69) is 15.0 Å². The molecule has 21 heteroatoms. The van der Waals surface area contributed by atoms with Gasteiger partial charge in [0.2, 0.25) is 17.8 Å². The van der Waals surface area contributed by atoms with Gasteiger partial charge in [0.05, 0.1) is 16.7 Å². The summed E-state index contributed by atoms with van der Waals surface area (Å²) in [7, 11) is 0. The summed E-state index contributed by atoms with van der Waals surface area (Å²) in [5, 5.41) is 0. The lowest BCUT2D eigenvalue weighted by atomic mass is 10.0. The van der Waals surface area contributed by atoms with E-state index in [9.17, 15) is 65.9 Å². The number of aromatic nitrogens is 3. The molecule has 0 N–H and O–H groups in total. The first-order valence-corrected chi connectivity index (χ1v) is 12.2. The Labute approximate surface area is 253 Å². The van der Waals surface area contributed by atoms with Crippen LogP contribution in [0.2, 0.25) is 0 Å². The fourth-order valence-electron chi connectivity index (χ4n) is 4.78. The van der Waals surface area contributed by atoms with Gasteiger partial charge in [0, 0.05) is 0 Å². The van der Waals surface area contributed by atoms with E-state index < -0.39 is 138 Å². The van der Waals surface area contributed by atoms with Crippen LogP contribution in [0, 0.1) is 52.7 Å². The minimum Gasteiger partial charge on any atom is -0.209 e. The largest absolute Gasteiger partial charge is 0.436 e. The first-order valence-electron chi connectivity index (χ1n) is 12.2. The van der Waals surface area contributed by atoms with Gasteiger partial charge in [0.15, 0.2) is 52.0 Å². The number of rotatable bonds is 3. The number of allylic oxidation sites excluding steroid dienone is 6. The number of hydrogen-bond donors (Lipinski definition) is 0. The minimum atomic E-state index is -5.82. The van der Waals surface area contributed by atoms with E-state index in [1.54, 1.807) is 0 Å². The van der Waals surface area contributed by atoms with Gasteiger partial charge in [0.1, 0.15) is 0 Å². The molecule has 258 valence electrons. The molecule has 1 aliphatic rings. The summed E-state index contributed by atoms with van der Waals surface area (Å²) in [5.41, 5.74) is -21.1. The lowest BCUT2D eigenvalue weighted by Gasteiger charge is -2.13. The van der Waals surface area contributed by atoms with E-state index in [0.29, 0.717) is 20.8 Å². The maximum Gasteiger partial charge on any atom is 0.436 e. The van der Waals surface area contributed by atoms with Gasteiger partial charge in [-0.15, -0.1) is 0 Å². The van der Waals surface area contributed by atoms with Gasteiger partial charge in [0.25, 0.3) is 0 Å². The monoisotopic (exact) mass is 717 g/mol. The Balaban J connectivity index is 2.25. The fraction of sp³-hybridized carbons (Fsp3) is 0.222. The van der Waals surface area contributed by atoms with Crippen LogP contribution < -0.4 is 0 Å². The minimum absolute atomic E-state index is 0.450. The number of pyridine rings is 3. The second-order valence-electron chi connectivity index (χ2n) is 9.76. The maximum absolute atomic E-state index is 15.0. The van der Waals surface area contributed by atoms with Crippen LogP contribution in [-0.2, 0) is 18.5 Å². The topological polar surface area (TPSA) is 38.7 Å². The molecule has 0 aliphatic heterocycles. The third-order valence-electron chi connectivity index (χ3n) is 6.86. The summed E-state index contributed by atoms with van der Waals surface area (Å²) in [4.78, 5) is 6.31. The zero-order chi connectivity index (χ0) is 36.7. The average Bonchev–Trinajstić information content (AvgIpc) is 3.69. The van der Waals surface area contributed by atoms with Crippen LogP contribution in [0.1, 0.15) is 54.5 Å². The molecule has 1 saturated carbocycles. The molecular weight excluding hydrogens is 708 g/mol. The lowest BCUT2D eigenvalue weighted by molar-refractivity contribution is -0.145. The van der Waals surface area contributed by atoms with E-state index in [0.717, 1.165) is 0 Å². The summed E-state index contributed by atoms with van der Waals surface area (Å²) in [6.07, 6.45) is -17.5. The molecule has 1 fully saturated rings. The SMILES string of the molecule is CC(=C1C(=C(C)c2c(F)c(F)nc(C(F)(F)F)c2F)C1=C(C)c1c(F)c(F)nc(C(F)(F)F)c1F)c1c(F)c(F)nc(C(F)(F)F)c1F. The second kappa shape index (κ2) is 11.5. The summed E-state index contributed by atoms with van der Waals surface area (Å²) >= 11 is 0. The molecule has 3 aromatic rings. The Morgan fingerprint density at radius 3 is 0.708 bits per heavy atom. The molecule has 48 heavy (non-hydrogen) atoms. The van der Waals surface area contributed by atoms with Gasteiger partial charge in [-0.25, -0.2) is 41.3 Å². The average molecular weight is 717 g/mol. The fourth-order valence-corrected chi connectivity index (χ4v) is 4.78. The van der Waals surface area contributed by atoms with Crippen LogP contribution in [0.15, 0.2) is 16.7 Å². The summed E-state index contributed by atoms with van der Waals surface area (Å²) in [6, 6.07) is 0. The predicted octanol–water partition coefficient (Wildman–Crippen LogP) is 9.91. The Bertz CT molecular complexity index is 1760. The van der Waals surface area contributed by atoms with Crippen molar-refractivity contribution in [1.82, 2.24) is 15.0 Å². The Kier molecular flexibility index (Phi) is 8.71. The van der Waals surface area contributed by atoms with Crippen molar-refractivity contribution in [2.45, 2.75) is 39.3 Å². The molecule has 4 rings (SSSR count). The van der Waals surface area contributed by atoms with Crippen LogP contribution in [0.4, 0.5) is 79.0 Å². The van der Waals surface area contributed by atoms with E-state index in [4.69, 9.17) is 0 Å². The van der Waals surface area contributed by atoms with Gasteiger partial charge in [-0.05, 0) is 54.2 Å². The van der Waals surface area contributed by atoms with Crippen molar-refractivity contribution in [2.24, 2.45) is 0 Å². The van der Waals surface area contributed by atoms with Crippen molar-refractivity contribution in [3.63, 3.8) is 0 Å². The highest BCUT2D eigenvalue weighted by molar-refractivity contribution is 6.05. The Hall–Kier alpha value is -4.59. The summed E-state index contributed by atoms with van der Waals surface area (Å²) in [5.74, 6) is -23.2. The molecular formula is C27H9F18N3. The predicted molar refractivity (Wildman–Crippen MR) is 125 cm³/mol. The van der Waals surface area contributed by atoms with Crippen molar-refractivity contribution in [3.8, 4) is 0 Å². The van der Waals surface area contributed by atoms with Crippen molar-refractivity contribution >= 4 is 16.7 Å². The molecule has 0 amide bonds. The summed E-state index contributed by atoms with van der Waals surface area (Å²) in [6.45, 7) is 1.35. The molecule has 0 bridgehead atoms. The van der Waals surface area contributed by atoms with Gasteiger partial charge in [-0.1, -0.05) is 0 Å². The maximum atomic E-state index is 15.0. The van der Waals surface area contributed by atoms with Crippen LogP contribution in [0.3, 0.4) is 0 Å². The van der Waals surface area contributed by atoms with Crippen LogP contribution in [0.25, 0.3) is 16.7 Å². The molecule has 3 heterocycles. The van der Waals surface area contributed by atoms with Crippen molar-refractivity contribution in [1.29, 1.82) is 0 Å². The zero-order valence-corrected chi connectivity index (χ0v) is 23.1. The Morgan fingerprint density at radius 2 is 0.542 bits per heavy atom. The quantitative estimate of drug-likeness (QED) is 0.200.